The van der Waals surface area contributed by atoms with Gasteiger partial charge in [0.2, 0.25) is 0 Å². The molecule has 2 N–H and O–H groups in total. The molecule has 0 rings (SSSR count). The predicted octanol–water partition coefficient (Wildman–Crippen LogP) is -5.12. The van der Waals surface area contributed by atoms with Gasteiger partial charge in [-0.15, -0.1) is 12.4 Å². The van der Waals surface area contributed by atoms with Crippen LogP contribution in [0.25, 0.3) is 0 Å². The average molecular weight is 163 g/mol. The summed E-state index contributed by atoms with van der Waals surface area (Å²) in [6.07, 6.45) is -1.83. The van der Waals surface area contributed by atoms with Crippen molar-refractivity contribution in [2.45, 2.75) is 0 Å². The van der Waals surface area contributed by atoms with Crippen molar-refractivity contribution in [3.63, 3.8) is 0 Å². The molecule has 0 radical (unpaired) electrons. The summed E-state index contributed by atoms with van der Waals surface area (Å²) < 4.78 is 0. The van der Waals surface area contributed by atoms with Crippen molar-refractivity contribution >= 4 is 18.6 Å². The smallest absolute Gasteiger partial charge is 1.00 e. The van der Waals surface area contributed by atoms with E-state index in [0.29, 0.717) is 0 Å². The Bertz CT molecular complexity index is 44.8. The molecule has 0 bridgehead atoms. The van der Waals surface area contributed by atoms with Gasteiger partial charge in [0.15, 0.2) is 0 Å². The molecule has 0 heterocycles. The standard InChI is InChI=1S/CH2O3.ClH.K.Na.2H/c2-1(3)4;;;;;/h(H2,2,3,4);1H;;;;/q;;2*+1;2*-1. The van der Waals surface area contributed by atoms with Gasteiger partial charge in [-0.3, -0.25) is 0 Å². The summed E-state index contributed by atoms with van der Waals surface area (Å²) in [4.78, 5) is 8.56. The molecule has 0 aliphatic carbocycles. The zero-order valence-corrected chi connectivity index (χ0v) is 10.2. The Balaban J connectivity index is -0.00000000450. The first-order valence-electron chi connectivity index (χ1n) is 0.651. The largest absolute Gasteiger partial charge is 1.00 e. The summed E-state index contributed by atoms with van der Waals surface area (Å²) in [6, 6.07) is 0. The summed E-state index contributed by atoms with van der Waals surface area (Å²) in [6.45, 7) is 0. The normalized spacial score (nSPS) is 3.43. The van der Waals surface area contributed by atoms with Gasteiger partial charge in [0.25, 0.3) is 0 Å². The quantitative estimate of drug-likeness (QED) is 0.351. The number of halogens is 1. The first-order chi connectivity index (χ1) is 1.73. The van der Waals surface area contributed by atoms with Gasteiger partial charge >= 0.3 is 87.1 Å². The van der Waals surface area contributed by atoms with Crippen molar-refractivity contribution in [3.05, 3.63) is 0 Å². The van der Waals surface area contributed by atoms with E-state index in [2.05, 4.69) is 0 Å². The Morgan fingerprint density at radius 1 is 1.43 bits per heavy atom. The minimum Gasteiger partial charge on any atom is -1.00 e. The van der Waals surface area contributed by atoms with E-state index in [-0.39, 0.29) is 96.2 Å². The topological polar surface area (TPSA) is 57.5 Å². The molecule has 0 aliphatic rings. The number of hydrogen-bond donors (Lipinski definition) is 2. The fourth-order valence-corrected chi connectivity index (χ4v) is 0. The molecule has 0 saturated heterocycles. The summed E-state index contributed by atoms with van der Waals surface area (Å²) in [5.74, 6) is 0. The molecule has 7 heavy (non-hydrogen) atoms. The molecule has 6 heteroatoms. The van der Waals surface area contributed by atoms with Gasteiger partial charge in [0.05, 0.1) is 0 Å². The monoisotopic (exact) mass is 162 g/mol. The molecule has 0 spiro atoms. The zero-order valence-electron chi connectivity index (χ0n) is 6.21. The predicted molar refractivity (Wildman–Crippen MR) is 20.1 cm³/mol. The van der Waals surface area contributed by atoms with Gasteiger partial charge in [-0.2, -0.15) is 0 Å². The van der Waals surface area contributed by atoms with Crippen LogP contribution in [0.3, 0.4) is 0 Å². The molecule has 0 saturated carbocycles. The average Bonchev–Trinajstić information content (AvgIpc) is 0.811. The molecule has 0 aromatic heterocycles. The second kappa shape index (κ2) is 15.7. The third-order valence-electron chi connectivity index (χ3n) is 0. The van der Waals surface area contributed by atoms with Gasteiger partial charge in [0, 0.05) is 0 Å². The van der Waals surface area contributed by atoms with E-state index >= 15 is 0 Å². The minimum atomic E-state index is -1.83. The Hall–Kier alpha value is 2.20. The van der Waals surface area contributed by atoms with Crippen molar-refractivity contribution in [1.82, 2.24) is 0 Å². The van der Waals surface area contributed by atoms with Crippen LogP contribution < -0.4 is 80.9 Å². The van der Waals surface area contributed by atoms with Crippen molar-refractivity contribution < 1.29 is 98.8 Å². The van der Waals surface area contributed by atoms with Crippen LogP contribution in [-0.4, -0.2) is 16.4 Å². The van der Waals surface area contributed by atoms with Crippen LogP contribution in [0.1, 0.15) is 2.85 Å². The molecule has 36 valence electrons. The third-order valence-corrected chi connectivity index (χ3v) is 0. The van der Waals surface area contributed by atoms with Gasteiger partial charge in [-0.05, 0) is 0 Å². The van der Waals surface area contributed by atoms with Crippen LogP contribution in [0.2, 0.25) is 0 Å². The van der Waals surface area contributed by atoms with Gasteiger partial charge < -0.3 is 13.1 Å². The number of rotatable bonds is 0. The van der Waals surface area contributed by atoms with Crippen molar-refractivity contribution in [1.29, 1.82) is 0 Å². The molecule has 0 aromatic rings. The summed E-state index contributed by atoms with van der Waals surface area (Å²) in [5, 5.41) is 13.9. The molecule has 0 aliphatic heterocycles. The Morgan fingerprint density at radius 2 is 1.43 bits per heavy atom. The van der Waals surface area contributed by atoms with Crippen LogP contribution >= 0.6 is 12.4 Å². The van der Waals surface area contributed by atoms with Crippen molar-refractivity contribution in [3.8, 4) is 0 Å². The van der Waals surface area contributed by atoms with E-state index in [1.54, 1.807) is 0 Å². The summed E-state index contributed by atoms with van der Waals surface area (Å²) >= 11 is 0. The fraction of sp³-hybridized carbons (Fsp3) is 0. The zero-order chi connectivity index (χ0) is 3.58. The van der Waals surface area contributed by atoms with Crippen LogP contribution in [0.15, 0.2) is 0 Å². The van der Waals surface area contributed by atoms with Gasteiger partial charge in [0.1, 0.15) is 0 Å². The SMILES string of the molecule is Cl.O=C(O)O.[H-].[H-].[K+].[Na+]. The summed E-state index contributed by atoms with van der Waals surface area (Å²) in [7, 11) is 0. The molecule has 3 nitrogen and oxygen atoms in total. The summed E-state index contributed by atoms with van der Waals surface area (Å²) in [5.41, 5.74) is 0. The van der Waals surface area contributed by atoms with Gasteiger partial charge in [-0.1, -0.05) is 0 Å². The first-order valence-corrected chi connectivity index (χ1v) is 0.651. The first kappa shape index (κ1) is 22.9. The number of hydrogen-bond acceptors (Lipinski definition) is 1. The van der Waals surface area contributed by atoms with Crippen LogP contribution in [0.4, 0.5) is 4.79 Å². The van der Waals surface area contributed by atoms with E-state index in [1.807, 2.05) is 0 Å². The Kier molecular flexibility index (Phi) is 51.4. The van der Waals surface area contributed by atoms with E-state index < -0.39 is 6.16 Å². The molecule has 0 fully saturated rings. The van der Waals surface area contributed by atoms with E-state index in [1.165, 1.54) is 0 Å². The van der Waals surface area contributed by atoms with E-state index in [9.17, 15) is 0 Å². The molecule has 0 atom stereocenters. The third kappa shape index (κ3) is 65.2. The van der Waals surface area contributed by atoms with E-state index in [0.717, 1.165) is 0 Å². The molecule has 0 aromatic carbocycles. The maximum Gasteiger partial charge on any atom is 1.00 e. The second-order valence-electron chi connectivity index (χ2n) is 0.283. The second-order valence-corrected chi connectivity index (χ2v) is 0.283. The van der Waals surface area contributed by atoms with Crippen LogP contribution in [0, 0.1) is 0 Å². The molecular weight excluding hydrogens is 158 g/mol. The fourth-order valence-electron chi connectivity index (χ4n) is 0. The maximum absolute atomic E-state index is 8.56. The van der Waals surface area contributed by atoms with Crippen molar-refractivity contribution in [2.75, 3.05) is 0 Å². The maximum atomic E-state index is 8.56. The minimum absolute atomic E-state index is 0. The van der Waals surface area contributed by atoms with E-state index in [4.69, 9.17) is 15.0 Å². The van der Waals surface area contributed by atoms with Gasteiger partial charge in [-0.25, -0.2) is 4.79 Å². The van der Waals surface area contributed by atoms with Crippen molar-refractivity contribution in [2.24, 2.45) is 0 Å². The number of carboxylic acid groups (broad SMARTS) is 2. The van der Waals surface area contributed by atoms with Crippen LogP contribution in [0.5, 0.6) is 0 Å². The molecule has 0 unspecified atom stereocenters. The molecular formula is CH5ClKNaO3. The molecule has 0 amide bonds. The number of carbonyl (C=O) groups is 1. The Morgan fingerprint density at radius 3 is 1.43 bits per heavy atom. The Labute approximate surface area is 115 Å². The van der Waals surface area contributed by atoms with Crippen LogP contribution in [-0.2, 0) is 0 Å².